The highest BCUT2D eigenvalue weighted by molar-refractivity contribution is 6.30. The van der Waals surface area contributed by atoms with Crippen LogP contribution in [0.3, 0.4) is 0 Å². The lowest BCUT2D eigenvalue weighted by atomic mass is 9.76. The largest absolute Gasteiger partial charge is 0.370 e. The van der Waals surface area contributed by atoms with Crippen LogP contribution in [0.2, 0.25) is 0 Å². The number of likely N-dealkylation sites (N-methyl/N-ethyl adjacent to an activating group) is 1. The molecule has 5 rings (SSSR count). The van der Waals surface area contributed by atoms with E-state index in [1.165, 1.54) is 48.6 Å². The molecule has 2 heterocycles. The van der Waals surface area contributed by atoms with Gasteiger partial charge >= 0.3 is 0 Å². The summed E-state index contributed by atoms with van der Waals surface area (Å²) in [5.74, 6) is 0.288. The highest BCUT2D eigenvalue weighted by Gasteiger charge is 2.36. The Bertz CT molecular complexity index is 933. The Labute approximate surface area is 208 Å². The molecule has 0 aromatic rings. The van der Waals surface area contributed by atoms with Gasteiger partial charge in [0.25, 0.3) is 0 Å². The number of allylic oxidation sites excluding steroid dienone is 4. The zero-order chi connectivity index (χ0) is 23.7. The normalized spacial score (nSPS) is 34.6. The minimum atomic E-state index is -0.313. The smallest absolute Gasteiger partial charge is 0.137 e. The van der Waals surface area contributed by atoms with E-state index >= 15 is 0 Å². The second-order valence-corrected chi connectivity index (χ2v) is 11.1. The van der Waals surface area contributed by atoms with E-state index in [1.807, 2.05) is 6.08 Å². The summed E-state index contributed by atoms with van der Waals surface area (Å²) < 4.78 is 13.8. The predicted molar refractivity (Wildman–Crippen MR) is 138 cm³/mol. The Kier molecular flexibility index (Phi) is 7.61. The molecule has 4 N–H and O–H groups in total. The van der Waals surface area contributed by atoms with Gasteiger partial charge < -0.3 is 15.5 Å². The van der Waals surface area contributed by atoms with Crippen molar-refractivity contribution in [2.24, 2.45) is 5.92 Å². The van der Waals surface area contributed by atoms with Crippen molar-refractivity contribution in [2.45, 2.75) is 75.8 Å². The highest BCUT2D eigenvalue weighted by Crippen LogP contribution is 2.40. The molecular weight excluding hydrogens is 449 g/mol. The van der Waals surface area contributed by atoms with Gasteiger partial charge in [-0.15, -0.1) is 0 Å². The van der Waals surface area contributed by atoms with E-state index in [0.717, 1.165) is 32.4 Å². The van der Waals surface area contributed by atoms with E-state index in [2.05, 4.69) is 52.4 Å². The minimum absolute atomic E-state index is 0.0165. The van der Waals surface area contributed by atoms with Crippen LogP contribution in [-0.4, -0.2) is 56.5 Å². The van der Waals surface area contributed by atoms with Crippen molar-refractivity contribution in [3.05, 3.63) is 57.6 Å². The van der Waals surface area contributed by atoms with E-state index in [1.54, 1.807) is 5.57 Å². The number of nitrogens with one attached hydrogen (secondary N) is 4. The van der Waals surface area contributed by atoms with Gasteiger partial charge in [-0.2, -0.15) is 0 Å². The first kappa shape index (κ1) is 24.3. The van der Waals surface area contributed by atoms with Crippen LogP contribution in [0.15, 0.2) is 57.6 Å². The van der Waals surface area contributed by atoms with Crippen LogP contribution in [0.4, 0.5) is 4.39 Å². The molecule has 0 aromatic heterocycles. The first-order chi connectivity index (χ1) is 16.5. The highest BCUT2D eigenvalue weighted by atomic mass is 35.5. The van der Waals surface area contributed by atoms with Gasteiger partial charge in [0.2, 0.25) is 0 Å². The Balaban J connectivity index is 1.37. The fourth-order valence-electron chi connectivity index (χ4n) is 6.11. The van der Waals surface area contributed by atoms with Crippen molar-refractivity contribution in [1.29, 1.82) is 0 Å². The number of hydrogen-bond acceptors (Lipinski definition) is 5. The zero-order valence-electron chi connectivity index (χ0n) is 20.5. The van der Waals surface area contributed by atoms with Crippen LogP contribution in [-0.2, 0) is 0 Å². The molecule has 5 atom stereocenters. The maximum atomic E-state index is 13.8. The van der Waals surface area contributed by atoms with Crippen LogP contribution in [0, 0.1) is 5.92 Å². The van der Waals surface area contributed by atoms with Crippen LogP contribution in [0.25, 0.3) is 0 Å². The van der Waals surface area contributed by atoms with Gasteiger partial charge in [0.1, 0.15) is 12.0 Å². The van der Waals surface area contributed by atoms with Gasteiger partial charge in [-0.1, -0.05) is 35.4 Å². The topological polar surface area (TPSA) is 51.4 Å². The average molecular weight is 488 g/mol. The maximum absolute atomic E-state index is 13.8. The minimum Gasteiger partial charge on any atom is -0.370 e. The van der Waals surface area contributed by atoms with Crippen molar-refractivity contribution in [2.75, 3.05) is 27.2 Å². The summed E-state index contributed by atoms with van der Waals surface area (Å²) in [4.78, 5) is 2.35. The van der Waals surface area contributed by atoms with E-state index in [-0.39, 0.29) is 24.2 Å². The lowest BCUT2D eigenvalue weighted by molar-refractivity contribution is 0.293. The fraction of sp³-hybridized carbons (Fsp3) is 0.630. The van der Waals surface area contributed by atoms with Crippen molar-refractivity contribution in [1.82, 2.24) is 26.2 Å². The van der Waals surface area contributed by atoms with Gasteiger partial charge in [0.15, 0.2) is 0 Å². The number of halogens is 2. The second kappa shape index (κ2) is 10.7. The zero-order valence-corrected chi connectivity index (χ0v) is 21.2. The van der Waals surface area contributed by atoms with Crippen LogP contribution in [0.5, 0.6) is 0 Å². The summed E-state index contributed by atoms with van der Waals surface area (Å²) in [6.45, 7) is 1.95. The SMILES string of the molecule is CN(C)C1C=C(C2CCC3=C(C2)C(NC2C=CC(F)=C(Cl)C2)NC(C2=CCCNC2)N3)CCC1. The van der Waals surface area contributed by atoms with Gasteiger partial charge in [0, 0.05) is 30.7 Å². The number of nitrogens with zero attached hydrogens (tertiary/aromatic N) is 1. The van der Waals surface area contributed by atoms with Gasteiger partial charge in [0.05, 0.1) is 11.2 Å². The third kappa shape index (κ3) is 5.36. The molecule has 34 heavy (non-hydrogen) atoms. The van der Waals surface area contributed by atoms with E-state index in [0.29, 0.717) is 23.4 Å². The summed E-state index contributed by atoms with van der Waals surface area (Å²) in [5.41, 5.74) is 5.84. The van der Waals surface area contributed by atoms with E-state index < -0.39 is 0 Å². The standard InChI is InChI=1S/C27H39ClFN5/c1-34(2)21-7-3-5-17(13-21)18-8-11-25-22(14-18)27(31-20-9-10-24(29)23(28)15-20)33-26(32-25)19-6-4-12-30-16-19/h6,9-10,13,18,20-21,26-27,30-33H,3-5,7-8,11-12,14-16H2,1-2H3. The average Bonchev–Trinajstić information content (AvgIpc) is 2.86. The molecule has 5 unspecified atom stereocenters. The molecule has 0 saturated carbocycles. The molecule has 2 aliphatic heterocycles. The molecule has 0 amide bonds. The molecule has 0 fully saturated rings. The Morgan fingerprint density at radius 3 is 2.79 bits per heavy atom. The Morgan fingerprint density at radius 1 is 1.15 bits per heavy atom. The molecule has 0 radical (unpaired) electrons. The number of rotatable bonds is 5. The third-order valence-corrected chi connectivity index (χ3v) is 8.43. The molecule has 7 heteroatoms. The quantitative estimate of drug-likeness (QED) is 0.438. The monoisotopic (exact) mass is 487 g/mol. The molecule has 3 aliphatic carbocycles. The van der Waals surface area contributed by atoms with Gasteiger partial charge in [-0.05, 0) is 88.7 Å². The molecule has 0 saturated heterocycles. The van der Waals surface area contributed by atoms with Crippen LogP contribution >= 0.6 is 11.6 Å². The second-order valence-electron chi connectivity index (χ2n) is 10.6. The fourth-order valence-corrected chi connectivity index (χ4v) is 6.34. The van der Waals surface area contributed by atoms with Crippen molar-refractivity contribution in [3.8, 4) is 0 Å². The van der Waals surface area contributed by atoms with Crippen molar-refractivity contribution < 1.29 is 4.39 Å². The summed E-state index contributed by atoms with van der Waals surface area (Å²) in [6.07, 6.45) is 17.1. The lowest BCUT2D eigenvalue weighted by Crippen LogP contribution is -2.61. The van der Waals surface area contributed by atoms with Gasteiger partial charge in [-0.25, -0.2) is 4.39 Å². The summed E-state index contributed by atoms with van der Waals surface area (Å²) in [5, 5.41) is 15.3. The predicted octanol–water partition coefficient (Wildman–Crippen LogP) is 4.18. The van der Waals surface area contributed by atoms with Crippen molar-refractivity contribution in [3.63, 3.8) is 0 Å². The first-order valence-corrected chi connectivity index (χ1v) is 13.4. The van der Waals surface area contributed by atoms with Crippen molar-refractivity contribution >= 4 is 11.6 Å². The van der Waals surface area contributed by atoms with E-state index in [9.17, 15) is 4.39 Å². The number of hydrogen-bond donors (Lipinski definition) is 4. The lowest BCUT2D eigenvalue weighted by Gasteiger charge is -2.44. The molecule has 0 aromatic carbocycles. The summed E-state index contributed by atoms with van der Waals surface area (Å²) >= 11 is 6.17. The molecule has 0 bridgehead atoms. The summed E-state index contributed by atoms with van der Waals surface area (Å²) in [7, 11) is 4.38. The summed E-state index contributed by atoms with van der Waals surface area (Å²) in [6, 6.07) is 0.574. The molecule has 5 aliphatic rings. The van der Waals surface area contributed by atoms with E-state index in [4.69, 9.17) is 11.6 Å². The first-order valence-electron chi connectivity index (χ1n) is 13.0. The Hall–Kier alpha value is -1.44. The van der Waals surface area contributed by atoms with Crippen LogP contribution in [0.1, 0.15) is 51.4 Å². The van der Waals surface area contributed by atoms with Crippen LogP contribution < -0.4 is 21.3 Å². The molecule has 5 nitrogen and oxygen atoms in total. The maximum Gasteiger partial charge on any atom is 0.137 e. The molecule has 186 valence electrons. The third-order valence-electron chi connectivity index (χ3n) is 8.10. The molecular formula is C27H39ClFN5. The Morgan fingerprint density at radius 2 is 2.03 bits per heavy atom. The molecule has 0 spiro atoms. The van der Waals surface area contributed by atoms with Gasteiger partial charge in [-0.3, -0.25) is 10.6 Å².